The van der Waals surface area contributed by atoms with Gasteiger partial charge in [-0.15, -0.1) is 0 Å². The fourth-order valence-corrected chi connectivity index (χ4v) is 1.80. The number of carbonyl (C=O) groups excluding carboxylic acids is 1. The monoisotopic (exact) mass is 278 g/mol. The first kappa shape index (κ1) is 6.09. The summed E-state index contributed by atoms with van der Waals surface area (Å²) in [5.74, 6) is 0.245. The number of Topliss-reactive ketones (excluding diaryl/α,β-unsaturated/α-hetero) is 1. The van der Waals surface area contributed by atoms with Gasteiger partial charge in [-0.1, -0.05) is 0 Å². The average Bonchev–Trinajstić information content (AvgIpc) is 1.85. The molecular weight excluding hydrogens is 272 g/mol. The second-order valence-electron chi connectivity index (χ2n) is 1.92. The predicted octanol–water partition coefficient (Wildman–Crippen LogP) is 0.625. The Morgan fingerprint density at radius 1 is 1.50 bits per heavy atom. The molecule has 8 heavy (non-hydrogen) atoms. The molecule has 0 radical (unpaired) electrons. The number of ketones is 1. The summed E-state index contributed by atoms with van der Waals surface area (Å²) in [6, 6.07) is 0. The van der Waals surface area contributed by atoms with E-state index in [4.69, 9.17) is 0 Å². The Morgan fingerprint density at radius 3 is 2.25 bits per heavy atom. The summed E-state index contributed by atoms with van der Waals surface area (Å²) >= 11 is 1.44. The summed E-state index contributed by atoms with van der Waals surface area (Å²) in [7, 11) is 0. The van der Waals surface area contributed by atoms with Crippen molar-refractivity contribution in [3.63, 3.8) is 0 Å². The first-order chi connectivity index (χ1) is 3.70. The molecule has 0 aromatic heterocycles. The van der Waals surface area contributed by atoms with E-state index in [1.807, 2.05) is 0 Å². The molecular formula is C6H6OW. The van der Waals surface area contributed by atoms with Gasteiger partial charge in [0.1, 0.15) is 0 Å². The van der Waals surface area contributed by atoms with Crippen molar-refractivity contribution in [1.82, 2.24) is 0 Å². The molecule has 42 valence electrons. The molecule has 1 aliphatic rings. The molecule has 0 heterocycles. The van der Waals surface area contributed by atoms with Crippen molar-refractivity contribution >= 4 is 9.68 Å². The number of hydrogen-bond donors (Lipinski definition) is 0. The first-order valence-electron chi connectivity index (χ1n) is 2.43. The van der Waals surface area contributed by atoms with Crippen LogP contribution in [-0.4, -0.2) is 9.68 Å². The average molecular weight is 278 g/mol. The molecule has 0 bridgehead atoms. The first-order valence-corrected chi connectivity index (χ1v) is 3.89. The standard InChI is InChI=1S/C6H6O.W/c1-5-3-2-4-6(5)7;/h1,3-4H2;. The van der Waals surface area contributed by atoms with Gasteiger partial charge in [0.15, 0.2) is 0 Å². The van der Waals surface area contributed by atoms with E-state index in [-0.39, 0.29) is 5.78 Å². The van der Waals surface area contributed by atoms with E-state index in [0.717, 1.165) is 12.0 Å². The summed E-state index contributed by atoms with van der Waals surface area (Å²) in [6.45, 7) is 3.63. The quantitative estimate of drug-likeness (QED) is 0.594. The molecule has 0 aromatic carbocycles. The normalized spacial score (nSPS) is 20.2. The summed E-state index contributed by atoms with van der Waals surface area (Å²) in [4.78, 5) is 10.7. The third kappa shape index (κ3) is 1.03. The van der Waals surface area contributed by atoms with Gasteiger partial charge in [-0.05, 0) is 0 Å². The summed E-state index contributed by atoms with van der Waals surface area (Å²) in [5, 5.41) is 0. The van der Waals surface area contributed by atoms with Gasteiger partial charge in [0.2, 0.25) is 0 Å². The van der Waals surface area contributed by atoms with Crippen molar-refractivity contribution < 1.29 is 24.1 Å². The predicted molar refractivity (Wildman–Crippen MR) is 28.4 cm³/mol. The van der Waals surface area contributed by atoms with Crippen LogP contribution in [0, 0.1) is 0 Å². The zero-order chi connectivity index (χ0) is 6.15. The van der Waals surface area contributed by atoms with E-state index < -0.39 is 0 Å². The third-order valence-corrected chi connectivity index (χ3v) is 2.20. The van der Waals surface area contributed by atoms with E-state index in [1.165, 1.54) is 23.3 Å². The van der Waals surface area contributed by atoms with Crippen LogP contribution in [0.1, 0.15) is 12.8 Å². The molecule has 0 saturated heterocycles. The Labute approximate surface area is 59.2 Å². The summed E-state index contributed by atoms with van der Waals surface area (Å²) < 4.78 is 1.33. The number of rotatable bonds is 0. The number of carbonyl (C=O) groups is 1. The molecule has 1 nitrogen and oxygen atoms in total. The van der Waals surface area contributed by atoms with Crippen LogP contribution in [0.5, 0.6) is 0 Å². The molecule has 0 unspecified atom stereocenters. The van der Waals surface area contributed by atoms with E-state index in [0.29, 0.717) is 6.42 Å². The molecule has 1 rings (SSSR count). The van der Waals surface area contributed by atoms with Crippen molar-refractivity contribution in [3.05, 3.63) is 12.2 Å². The van der Waals surface area contributed by atoms with Crippen LogP contribution in [0.3, 0.4) is 0 Å². The third-order valence-electron chi connectivity index (χ3n) is 1.16. The number of hydrogen-bond acceptors (Lipinski definition) is 1. The van der Waals surface area contributed by atoms with Gasteiger partial charge >= 0.3 is 58.8 Å². The zero-order valence-corrected chi connectivity index (χ0v) is 7.37. The van der Waals surface area contributed by atoms with Gasteiger partial charge in [0.05, 0.1) is 0 Å². The van der Waals surface area contributed by atoms with Gasteiger partial charge in [-0.2, -0.15) is 0 Å². The van der Waals surface area contributed by atoms with Gasteiger partial charge in [-0.25, -0.2) is 0 Å². The van der Waals surface area contributed by atoms with Crippen LogP contribution in [-0.2, 0) is 24.1 Å². The Bertz CT molecular complexity index is 151. The van der Waals surface area contributed by atoms with Crippen LogP contribution < -0.4 is 0 Å². The van der Waals surface area contributed by atoms with E-state index in [1.54, 1.807) is 0 Å². The Kier molecular flexibility index (Phi) is 1.57. The molecule has 1 aliphatic carbocycles. The Hall–Kier alpha value is -0.0317. The number of allylic oxidation sites excluding steroid dienone is 1. The topological polar surface area (TPSA) is 17.1 Å². The van der Waals surface area contributed by atoms with Crippen molar-refractivity contribution in [2.24, 2.45) is 0 Å². The summed E-state index contributed by atoms with van der Waals surface area (Å²) in [6.07, 6.45) is 1.54. The molecule has 0 aromatic rings. The SMILES string of the molecule is C=C1C[C](=[W])CC1=O. The molecule has 1 fully saturated rings. The van der Waals surface area contributed by atoms with Gasteiger partial charge < -0.3 is 0 Å². The van der Waals surface area contributed by atoms with Crippen LogP contribution in [0.15, 0.2) is 12.2 Å². The second-order valence-corrected chi connectivity index (χ2v) is 3.99. The fraction of sp³-hybridized carbons (Fsp3) is 0.333. The second kappa shape index (κ2) is 2.06. The van der Waals surface area contributed by atoms with E-state index in [9.17, 15) is 4.79 Å². The minimum atomic E-state index is 0.245. The van der Waals surface area contributed by atoms with Gasteiger partial charge in [0.25, 0.3) is 0 Å². The molecule has 2 heteroatoms. The van der Waals surface area contributed by atoms with Crippen molar-refractivity contribution in [1.29, 1.82) is 0 Å². The summed E-state index contributed by atoms with van der Waals surface area (Å²) in [5.41, 5.74) is 0.801. The van der Waals surface area contributed by atoms with Crippen LogP contribution in [0.25, 0.3) is 0 Å². The van der Waals surface area contributed by atoms with Crippen LogP contribution in [0.2, 0.25) is 0 Å². The van der Waals surface area contributed by atoms with Crippen molar-refractivity contribution in [3.8, 4) is 0 Å². The van der Waals surface area contributed by atoms with Crippen molar-refractivity contribution in [2.45, 2.75) is 12.8 Å². The molecule has 0 amide bonds. The maximum atomic E-state index is 10.7. The molecule has 1 saturated carbocycles. The minimum absolute atomic E-state index is 0.245. The van der Waals surface area contributed by atoms with E-state index >= 15 is 0 Å². The molecule has 0 spiro atoms. The van der Waals surface area contributed by atoms with Crippen LogP contribution in [0.4, 0.5) is 0 Å². The Morgan fingerprint density at radius 2 is 2.12 bits per heavy atom. The Balaban J connectivity index is 2.79. The van der Waals surface area contributed by atoms with Gasteiger partial charge in [0, 0.05) is 0 Å². The fourth-order valence-electron chi connectivity index (χ4n) is 0.703. The maximum absolute atomic E-state index is 10.7. The molecule has 0 aliphatic heterocycles. The van der Waals surface area contributed by atoms with Crippen molar-refractivity contribution in [2.75, 3.05) is 0 Å². The van der Waals surface area contributed by atoms with Crippen LogP contribution >= 0.6 is 0 Å². The van der Waals surface area contributed by atoms with Gasteiger partial charge in [-0.3, -0.25) is 0 Å². The van der Waals surface area contributed by atoms with E-state index in [2.05, 4.69) is 6.58 Å². The molecule has 0 N–H and O–H groups in total. The zero-order valence-electron chi connectivity index (χ0n) is 4.44. The molecule has 0 atom stereocenters.